The van der Waals surface area contributed by atoms with Gasteiger partial charge in [-0.2, -0.15) is 0 Å². The summed E-state index contributed by atoms with van der Waals surface area (Å²) in [6, 6.07) is 8.58. The second-order valence-corrected chi connectivity index (χ2v) is 2.39. The van der Waals surface area contributed by atoms with Crippen molar-refractivity contribution < 1.29 is 14.7 Å². The summed E-state index contributed by atoms with van der Waals surface area (Å²) in [5.41, 5.74) is -0.0798. The molecule has 0 aromatic heterocycles. The number of para-hydroxylation sites is 1. The van der Waals surface area contributed by atoms with Crippen LogP contribution in [0.15, 0.2) is 35.5 Å². The smallest absolute Gasteiger partial charge is 0.361 e. The molecule has 0 spiro atoms. The zero-order chi connectivity index (χ0) is 9.68. The van der Waals surface area contributed by atoms with Gasteiger partial charge in [0.05, 0.1) is 0 Å². The Morgan fingerprint density at radius 2 is 2.00 bits per heavy atom. The number of esters is 1. The molecule has 1 rings (SSSR count). The molecule has 1 aromatic carbocycles. The van der Waals surface area contributed by atoms with Crippen LogP contribution in [0.3, 0.4) is 0 Å². The van der Waals surface area contributed by atoms with Gasteiger partial charge in [-0.3, -0.25) is 0 Å². The largest absolute Gasteiger partial charge is 0.422 e. The third kappa shape index (κ3) is 2.59. The Labute approximate surface area is 75.4 Å². The average molecular weight is 179 g/mol. The Morgan fingerprint density at radius 1 is 1.38 bits per heavy atom. The molecule has 0 amide bonds. The van der Waals surface area contributed by atoms with E-state index in [9.17, 15) is 4.79 Å². The van der Waals surface area contributed by atoms with Gasteiger partial charge in [0.2, 0.25) is 0 Å². The lowest BCUT2D eigenvalue weighted by Gasteiger charge is -2.01. The molecule has 4 heteroatoms. The summed E-state index contributed by atoms with van der Waals surface area (Å²) in [5, 5.41) is 11.0. The molecule has 1 N–H and O–H groups in total. The molecule has 0 aliphatic carbocycles. The topological polar surface area (TPSA) is 58.9 Å². The summed E-state index contributed by atoms with van der Waals surface area (Å²) in [4.78, 5) is 11.0. The highest BCUT2D eigenvalue weighted by Crippen LogP contribution is 2.08. The third-order valence-electron chi connectivity index (χ3n) is 1.40. The van der Waals surface area contributed by atoms with Gasteiger partial charge < -0.3 is 9.94 Å². The van der Waals surface area contributed by atoms with Crippen LogP contribution < -0.4 is 4.74 Å². The quantitative estimate of drug-likeness (QED) is 0.246. The summed E-state index contributed by atoms with van der Waals surface area (Å²) in [6.45, 7) is 1.37. The van der Waals surface area contributed by atoms with Crippen LogP contribution in [-0.4, -0.2) is 16.9 Å². The van der Waals surface area contributed by atoms with Crippen LogP contribution >= 0.6 is 0 Å². The van der Waals surface area contributed by atoms with Gasteiger partial charge in [-0.1, -0.05) is 23.4 Å². The minimum absolute atomic E-state index is 0.0798. The van der Waals surface area contributed by atoms with Crippen molar-refractivity contribution in [1.29, 1.82) is 0 Å². The van der Waals surface area contributed by atoms with Crippen molar-refractivity contribution in [2.24, 2.45) is 5.16 Å². The van der Waals surface area contributed by atoms with E-state index in [-0.39, 0.29) is 5.71 Å². The first-order valence-corrected chi connectivity index (χ1v) is 3.70. The molecule has 0 unspecified atom stereocenters. The molecule has 13 heavy (non-hydrogen) atoms. The number of hydrogen-bond acceptors (Lipinski definition) is 4. The van der Waals surface area contributed by atoms with Gasteiger partial charge in [0, 0.05) is 0 Å². The number of oxime groups is 1. The van der Waals surface area contributed by atoms with Crippen LogP contribution in [0.1, 0.15) is 6.92 Å². The molecule has 0 radical (unpaired) electrons. The van der Waals surface area contributed by atoms with Crippen molar-refractivity contribution in [1.82, 2.24) is 0 Å². The van der Waals surface area contributed by atoms with Gasteiger partial charge in [0.25, 0.3) is 0 Å². The molecule has 4 nitrogen and oxygen atoms in total. The SMILES string of the molecule is C/C(=N/O)C(=O)Oc1ccccc1. The number of benzene rings is 1. The Bertz CT molecular complexity index is 319. The van der Waals surface area contributed by atoms with Crippen LogP contribution in [-0.2, 0) is 4.79 Å². The van der Waals surface area contributed by atoms with E-state index in [0.29, 0.717) is 5.75 Å². The van der Waals surface area contributed by atoms with Crippen molar-refractivity contribution in [3.05, 3.63) is 30.3 Å². The first-order chi connectivity index (χ1) is 6.24. The molecule has 0 saturated heterocycles. The van der Waals surface area contributed by atoms with Gasteiger partial charge in [0.15, 0.2) is 5.71 Å². The molecule has 68 valence electrons. The lowest BCUT2D eigenvalue weighted by Crippen LogP contribution is -2.17. The number of nitrogens with zero attached hydrogens (tertiary/aromatic N) is 1. The maximum Gasteiger partial charge on any atom is 0.361 e. The Hall–Kier alpha value is -1.84. The first-order valence-electron chi connectivity index (χ1n) is 3.70. The van der Waals surface area contributed by atoms with Crippen LogP contribution in [0.5, 0.6) is 5.75 Å². The van der Waals surface area contributed by atoms with Gasteiger partial charge in [-0.25, -0.2) is 4.79 Å². The maximum atomic E-state index is 11.0. The Morgan fingerprint density at radius 3 is 2.54 bits per heavy atom. The number of carbonyl (C=O) groups is 1. The molecule has 0 fully saturated rings. The molecular formula is C9H9NO3. The standard InChI is InChI=1S/C9H9NO3/c1-7(10-12)9(11)13-8-5-3-2-4-6-8/h2-6,12H,1H3/b10-7-. The van der Waals surface area contributed by atoms with Crippen LogP contribution in [0.25, 0.3) is 0 Å². The Kier molecular flexibility index (Phi) is 3.03. The molecule has 0 atom stereocenters. The second-order valence-electron chi connectivity index (χ2n) is 2.39. The van der Waals surface area contributed by atoms with E-state index in [1.54, 1.807) is 24.3 Å². The van der Waals surface area contributed by atoms with Crippen LogP contribution in [0.4, 0.5) is 0 Å². The zero-order valence-corrected chi connectivity index (χ0v) is 7.10. The molecule has 0 saturated carbocycles. The van der Waals surface area contributed by atoms with Crippen molar-refractivity contribution in [2.45, 2.75) is 6.92 Å². The summed E-state index contributed by atoms with van der Waals surface area (Å²) in [6.07, 6.45) is 0. The highest BCUT2D eigenvalue weighted by Gasteiger charge is 2.08. The average Bonchev–Trinajstić information content (AvgIpc) is 2.18. The van der Waals surface area contributed by atoms with E-state index in [2.05, 4.69) is 5.16 Å². The normalized spacial score (nSPS) is 11.0. The summed E-state index contributed by atoms with van der Waals surface area (Å²) in [7, 11) is 0. The number of rotatable bonds is 2. The highest BCUT2D eigenvalue weighted by molar-refractivity contribution is 6.35. The number of ether oxygens (including phenoxy) is 1. The lowest BCUT2D eigenvalue weighted by atomic mass is 10.3. The number of carbonyl (C=O) groups excluding carboxylic acids is 1. The van der Waals surface area contributed by atoms with Crippen LogP contribution in [0.2, 0.25) is 0 Å². The van der Waals surface area contributed by atoms with Gasteiger partial charge in [-0.05, 0) is 19.1 Å². The zero-order valence-electron chi connectivity index (χ0n) is 7.10. The summed E-state index contributed by atoms with van der Waals surface area (Å²) in [5.74, 6) is -0.232. The van der Waals surface area contributed by atoms with E-state index < -0.39 is 5.97 Å². The van der Waals surface area contributed by atoms with Gasteiger partial charge >= 0.3 is 5.97 Å². The van der Waals surface area contributed by atoms with E-state index in [1.807, 2.05) is 6.07 Å². The molecule has 0 bridgehead atoms. The third-order valence-corrected chi connectivity index (χ3v) is 1.40. The Balaban J connectivity index is 2.66. The fraction of sp³-hybridized carbons (Fsp3) is 0.111. The van der Waals surface area contributed by atoms with Crippen molar-refractivity contribution >= 4 is 11.7 Å². The molecular weight excluding hydrogens is 170 g/mol. The molecule has 0 aliphatic heterocycles. The highest BCUT2D eigenvalue weighted by atomic mass is 16.5. The maximum absolute atomic E-state index is 11.0. The minimum Gasteiger partial charge on any atom is -0.422 e. The fourth-order valence-electron chi connectivity index (χ4n) is 0.710. The van der Waals surface area contributed by atoms with Crippen LogP contribution in [0, 0.1) is 0 Å². The minimum atomic E-state index is -0.659. The van der Waals surface area contributed by atoms with Crippen molar-refractivity contribution in [3.63, 3.8) is 0 Å². The molecule has 0 heterocycles. The van der Waals surface area contributed by atoms with Crippen molar-refractivity contribution in [3.8, 4) is 5.75 Å². The predicted octanol–water partition coefficient (Wildman–Crippen LogP) is 1.44. The van der Waals surface area contributed by atoms with E-state index >= 15 is 0 Å². The monoisotopic (exact) mass is 179 g/mol. The first kappa shape index (κ1) is 9.25. The van der Waals surface area contributed by atoms with Gasteiger partial charge in [0.1, 0.15) is 5.75 Å². The number of hydrogen-bond donors (Lipinski definition) is 1. The molecule has 1 aromatic rings. The van der Waals surface area contributed by atoms with E-state index in [1.165, 1.54) is 6.92 Å². The summed E-state index contributed by atoms with van der Waals surface area (Å²) >= 11 is 0. The van der Waals surface area contributed by atoms with E-state index in [4.69, 9.17) is 9.94 Å². The predicted molar refractivity (Wildman–Crippen MR) is 47.0 cm³/mol. The lowest BCUT2D eigenvalue weighted by molar-refractivity contribution is -0.127. The van der Waals surface area contributed by atoms with Crippen molar-refractivity contribution in [2.75, 3.05) is 0 Å². The fourth-order valence-corrected chi connectivity index (χ4v) is 0.710. The summed E-state index contributed by atoms with van der Waals surface area (Å²) < 4.78 is 4.84. The van der Waals surface area contributed by atoms with Gasteiger partial charge in [-0.15, -0.1) is 0 Å². The van der Waals surface area contributed by atoms with E-state index in [0.717, 1.165) is 0 Å². The second kappa shape index (κ2) is 4.25. The molecule has 0 aliphatic rings.